The summed E-state index contributed by atoms with van der Waals surface area (Å²) in [6, 6.07) is 10.4. The van der Waals surface area contributed by atoms with Crippen LogP contribution < -0.4 is 15.2 Å². The molecule has 2 heterocycles. The van der Waals surface area contributed by atoms with Gasteiger partial charge in [-0.3, -0.25) is 9.20 Å². The van der Waals surface area contributed by atoms with Gasteiger partial charge in [0.2, 0.25) is 11.8 Å². The lowest BCUT2D eigenvalue weighted by Gasteiger charge is -2.10. The maximum Gasteiger partial charge on any atom is 0.248 e. The van der Waals surface area contributed by atoms with Gasteiger partial charge in [0.1, 0.15) is 17.8 Å². The zero-order valence-corrected chi connectivity index (χ0v) is 13.6. The minimum absolute atomic E-state index is 0.360. The van der Waals surface area contributed by atoms with E-state index in [2.05, 4.69) is 4.98 Å². The van der Waals surface area contributed by atoms with Crippen molar-refractivity contribution in [2.75, 3.05) is 12.5 Å². The Morgan fingerprint density at radius 2 is 1.96 bits per heavy atom. The quantitative estimate of drug-likeness (QED) is 0.526. The van der Waals surface area contributed by atoms with Crippen molar-refractivity contribution in [1.29, 1.82) is 0 Å². The smallest absolute Gasteiger partial charge is 0.248 e. The molecule has 3 rings (SSSR count). The van der Waals surface area contributed by atoms with E-state index in [1.54, 1.807) is 41.2 Å². The second-order valence-electron chi connectivity index (χ2n) is 5.10. The van der Waals surface area contributed by atoms with E-state index >= 15 is 0 Å². The van der Waals surface area contributed by atoms with Gasteiger partial charge in [-0.05, 0) is 36.8 Å². The van der Waals surface area contributed by atoms with Crippen molar-refractivity contribution >= 4 is 23.0 Å². The van der Waals surface area contributed by atoms with E-state index in [-0.39, 0.29) is 0 Å². The second kappa shape index (κ2) is 7.23. The molecule has 3 aromatic rings. The molecule has 0 aliphatic heterocycles. The van der Waals surface area contributed by atoms with Gasteiger partial charge in [0, 0.05) is 17.5 Å². The molecular formula is C17H16ClN3O3. The van der Waals surface area contributed by atoms with Crippen LogP contribution in [0.5, 0.6) is 17.4 Å². The second-order valence-corrected chi connectivity index (χ2v) is 5.48. The maximum absolute atomic E-state index is 11.5. The van der Waals surface area contributed by atoms with Crippen molar-refractivity contribution in [2.24, 2.45) is 5.73 Å². The highest BCUT2D eigenvalue weighted by Crippen LogP contribution is 2.26. The standard InChI is InChI=1S/C17H16ClN3O3/c18-6-1-7-23-14-2-4-15(5-3-14)24-16-9-12(17(19)22)8-13-10-20-11-21(13)16/h2-5,8-11H,1,6-7H2,(H2,19,22). The van der Waals surface area contributed by atoms with Crippen LogP contribution >= 0.6 is 11.6 Å². The number of fused-ring (bicyclic) bond motifs is 1. The number of carbonyl (C=O) groups is 1. The SMILES string of the molecule is NC(=O)c1cc(Oc2ccc(OCCCCl)cc2)n2cncc2c1. The number of rotatable bonds is 7. The van der Waals surface area contributed by atoms with Crippen molar-refractivity contribution in [2.45, 2.75) is 6.42 Å². The first-order chi connectivity index (χ1) is 11.7. The Morgan fingerprint density at radius 1 is 1.21 bits per heavy atom. The number of carbonyl (C=O) groups excluding carboxylic acids is 1. The van der Waals surface area contributed by atoms with Crippen LogP contribution in [-0.2, 0) is 0 Å². The fraction of sp³-hybridized carbons (Fsp3) is 0.176. The van der Waals surface area contributed by atoms with Gasteiger partial charge in [0.05, 0.1) is 18.3 Å². The number of hydrogen-bond acceptors (Lipinski definition) is 4. The molecular weight excluding hydrogens is 330 g/mol. The number of pyridine rings is 1. The first kappa shape index (κ1) is 16.1. The van der Waals surface area contributed by atoms with E-state index in [0.29, 0.717) is 29.7 Å². The number of nitrogens with zero attached hydrogens (tertiary/aromatic N) is 2. The summed E-state index contributed by atoms with van der Waals surface area (Å²) in [6.07, 6.45) is 4.03. The first-order valence-electron chi connectivity index (χ1n) is 7.40. The fourth-order valence-electron chi connectivity index (χ4n) is 2.19. The largest absolute Gasteiger partial charge is 0.494 e. The number of benzene rings is 1. The van der Waals surface area contributed by atoms with E-state index in [4.69, 9.17) is 26.8 Å². The number of aromatic nitrogens is 2. The summed E-state index contributed by atoms with van der Waals surface area (Å²) in [6.45, 7) is 0.569. The van der Waals surface area contributed by atoms with Crippen LogP contribution in [-0.4, -0.2) is 27.8 Å². The Labute approximate surface area is 143 Å². The van der Waals surface area contributed by atoms with Crippen LogP contribution in [0.2, 0.25) is 0 Å². The third-order valence-electron chi connectivity index (χ3n) is 3.36. The minimum Gasteiger partial charge on any atom is -0.494 e. The van der Waals surface area contributed by atoms with Gasteiger partial charge in [-0.2, -0.15) is 0 Å². The molecule has 0 aliphatic rings. The summed E-state index contributed by atoms with van der Waals surface area (Å²) in [7, 11) is 0. The normalized spacial score (nSPS) is 10.7. The molecule has 6 nitrogen and oxygen atoms in total. The molecule has 1 aromatic carbocycles. The Bertz CT molecular complexity index is 846. The lowest BCUT2D eigenvalue weighted by molar-refractivity contribution is 0.1000. The summed E-state index contributed by atoms with van der Waals surface area (Å²) >= 11 is 5.62. The maximum atomic E-state index is 11.5. The molecule has 0 aliphatic carbocycles. The predicted octanol–water partition coefficient (Wildman–Crippen LogP) is 3.23. The molecule has 0 fully saturated rings. The summed E-state index contributed by atoms with van der Waals surface area (Å²) in [5, 5.41) is 0. The van der Waals surface area contributed by atoms with Crippen molar-refractivity contribution < 1.29 is 14.3 Å². The fourth-order valence-corrected chi connectivity index (χ4v) is 2.30. The molecule has 0 saturated carbocycles. The molecule has 7 heteroatoms. The van der Waals surface area contributed by atoms with E-state index in [1.807, 2.05) is 12.1 Å². The molecule has 1 amide bonds. The van der Waals surface area contributed by atoms with E-state index in [9.17, 15) is 4.79 Å². The van der Waals surface area contributed by atoms with Gasteiger partial charge in [-0.25, -0.2) is 4.98 Å². The lowest BCUT2D eigenvalue weighted by atomic mass is 10.2. The van der Waals surface area contributed by atoms with Crippen LogP contribution in [0.1, 0.15) is 16.8 Å². The molecule has 0 atom stereocenters. The van der Waals surface area contributed by atoms with Crippen LogP contribution in [0.15, 0.2) is 48.9 Å². The summed E-state index contributed by atoms with van der Waals surface area (Å²) in [5.41, 5.74) is 6.45. The van der Waals surface area contributed by atoms with E-state index in [0.717, 1.165) is 17.7 Å². The number of amides is 1. The highest BCUT2D eigenvalue weighted by atomic mass is 35.5. The van der Waals surface area contributed by atoms with Gasteiger partial charge in [-0.15, -0.1) is 11.6 Å². The van der Waals surface area contributed by atoms with Crippen LogP contribution in [0.3, 0.4) is 0 Å². The van der Waals surface area contributed by atoms with Crippen molar-refractivity contribution in [3.63, 3.8) is 0 Å². The molecule has 2 aromatic heterocycles. The van der Waals surface area contributed by atoms with Crippen molar-refractivity contribution in [1.82, 2.24) is 9.38 Å². The molecule has 0 bridgehead atoms. The van der Waals surface area contributed by atoms with Gasteiger partial charge in [0.25, 0.3) is 0 Å². The highest BCUT2D eigenvalue weighted by Gasteiger charge is 2.10. The molecule has 124 valence electrons. The van der Waals surface area contributed by atoms with Crippen LogP contribution in [0, 0.1) is 0 Å². The van der Waals surface area contributed by atoms with Gasteiger partial charge < -0.3 is 15.2 Å². The van der Waals surface area contributed by atoms with Gasteiger partial charge >= 0.3 is 0 Å². The number of nitrogens with two attached hydrogens (primary N) is 1. The van der Waals surface area contributed by atoms with E-state index < -0.39 is 5.91 Å². The number of imidazole rings is 1. The van der Waals surface area contributed by atoms with Gasteiger partial charge in [0.15, 0.2) is 0 Å². The molecule has 0 spiro atoms. The zero-order chi connectivity index (χ0) is 16.9. The number of primary amides is 1. The number of halogens is 1. The summed E-state index contributed by atoms with van der Waals surface area (Å²) in [5.74, 6) is 1.85. The topological polar surface area (TPSA) is 78.9 Å². The third kappa shape index (κ3) is 3.60. The summed E-state index contributed by atoms with van der Waals surface area (Å²) < 4.78 is 13.1. The summed E-state index contributed by atoms with van der Waals surface area (Å²) in [4.78, 5) is 15.5. The predicted molar refractivity (Wildman–Crippen MR) is 91.1 cm³/mol. The Balaban J connectivity index is 1.81. The molecule has 24 heavy (non-hydrogen) atoms. The number of ether oxygens (including phenoxy) is 2. The first-order valence-corrected chi connectivity index (χ1v) is 7.93. The van der Waals surface area contributed by atoms with Crippen LogP contribution in [0.4, 0.5) is 0 Å². The average Bonchev–Trinajstić information content (AvgIpc) is 3.05. The molecule has 0 radical (unpaired) electrons. The van der Waals surface area contributed by atoms with Gasteiger partial charge in [-0.1, -0.05) is 0 Å². The van der Waals surface area contributed by atoms with Crippen molar-refractivity contribution in [3.8, 4) is 17.4 Å². The van der Waals surface area contributed by atoms with E-state index in [1.165, 1.54) is 0 Å². The van der Waals surface area contributed by atoms with Crippen molar-refractivity contribution in [3.05, 3.63) is 54.5 Å². The van der Waals surface area contributed by atoms with Crippen LogP contribution in [0.25, 0.3) is 5.52 Å². The average molecular weight is 346 g/mol. The molecule has 0 saturated heterocycles. The zero-order valence-electron chi connectivity index (χ0n) is 12.8. The monoisotopic (exact) mass is 345 g/mol. The lowest BCUT2D eigenvalue weighted by Crippen LogP contribution is -2.11. The molecule has 2 N–H and O–H groups in total. The third-order valence-corrected chi connectivity index (χ3v) is 3.63. The number of alkyl halides is 1. The number of hydrogen-bond donors (Lipinski definition) is 1. The Kier molecular flexibility index (Phi) is 4.86. The highest BCUT2D eigenvalue weighted by molar-refractivity contribution is 6.17. The minimum atomic E-state index is -0.522. The Hall–Kier alpha value is -2.73. The molecule has 0 unspecified atom stereocenters. The Morgan fingerprint density at radius 3 is 2.67 bits per heavy atom.